The van der Waals surface area contributed by atoms with E-state index >= 15 is 0 Å². The lowest BCUT2D eigenvalue weighted by molar-refractivity contribution is -0.144. The van der Waals surface area contributed by atoms with E-state index in [9.17, 15) is 14.4 Å². The van der Waals surface area contributed by atoms with Crippen molar-refractivity contribution in [2.24, 2.45) is 0 Å². The average molecular weight is 287 g/mol. The standard InChI is InChI=1S/C14H13N3O4/c1-9(18)21-8-14(20)15-11-4-2-10(3-5-11)12-6-7-13(19)17-16-12/h2-7H,8H2,1H3,(H,15,20)(H,17,19). The summed E-state index contributed by atoms with van der Waals surface area (Å²) in [6.07, 6.45) is 0. The van der Waals surface area contributed by atoms with Crippen molar-refractivity contribution < 1.29 is 14.3 Å². The highest BCUT2D eigenvalue weighted by Crippen LogP contribution is 2.18. The van der Waals surface area contributed by atoms with Crippen LogP contribution in [0.1, 0.15) is 6.92 Å². The van der Waals surface area contributed by atoms with Crippen LogP contribution in [0.4, 0.5) is 5.69 Å². The van der Waals surface area contributed by atoms with Gasteiger partial charge in [0.15, 0.2) is 6.61 Å². The zero-order valence-corrected chi connectivity index (χ0v) is 11.3. The Hall–Kier alpha value is -2.96. The molecule has 0 atom stereocenters. The normalized spacial score (nSPS) is 9.95. The molecule has 1 amide bonds. The second-order valence-electron chi connectivity index (χ2n) is 4.21. The second kappa shape index (κ2) is 6.47. The van der Waals surface area contributed by atoms with Crippen LogP contribution in [-0.4, -0.2) is 28.7 Å². The van der Waals surface area contributed by atoms with E-state index in [-0.39, 0.29) is 12.2 Å². The number of H-pyrrole nitrogens is 1. The summed E-state index contributed by atoms with van der Waals surface area (Å²) in [5.74, 6) is -0.926. The second-order valence-corrected chi connectivity index (χ2v) is 4.21. The summed E-state index contributed by atoms with van der Waals surface area (Å²) in [4.78, 5) is 33.0. The SMILES string of the molecule is CC(=O)OCC(=O)Nc1ccc(-c2ccc(=O)[nH]n2)cc1. The van der Waals surface area contributed by atoms with Crippen molar-refractivity contribution in [3.63, 3.8) is 0 Å². The molecule has 0 saturated carbocycles. The first-order valence-electron chi connectivity index (χ1n) is 6.14. The van der Waals surface area contributed by atoms with Crippen LogP contribution in [0.2, 0.25) is 0 Å². The fourth-order valence-electron chi connectivity index (χ4n) is 1.59. The minimum atomic E-state index is -0.510. The molecule has 0 fully saturated rings. The number of aromatic amines is 1. The van der Waals surface area contributed by atoms with E-state index in [0.717, 1.165) is 5.56 Å². The first-order valence-corrected chi connectivity index (χ1v) is 6.14. The Morgan fingerprint density at radius 3 is 2.48 bits per heavy atom. The summed E-state index contributed by atoms with van der Waals surface area (Å²) < 4.78 is 4.59. The van der Waals surface area contributed by atoms with Crippen LogP contribution in [-0.2, 0) is 14.3 Å². The molecular weight excluding hydrogens is 274 g/mol. The summed E-state index contributed by atoms with van der Waals surface area (Å²) in [5.41, 5.74) is 1.71. The van der Waals surface area contributed by atoms with E-state index in [1.807, 2.05) is 0 Å². The molecule has 0 bridgehead atoms. The molecule has 0 aliphatic rings. The molecule has 0 unspecified atom stereocenters. The van der Waals surface area contributed by atoms with Gasteiger partial charge in [0.1, 0.15) is 0 Å². The molecule has 1 aromatic heterocycles. The number of anilines is 1. The molecule has 0 aliphatic heterocycles. The maximum Gasteiger partial charge on any atom is 0.303 e. The first-order chi connectivity index (χ1) is 10.0. The van der Waals surface area contributed by atoms with Gasteiger partial charge < -0.3 is 10.1 Å². The smallest absolute Gasteiger partial charge is 0.303 e. The molecule has 1 heterocycles. The number of aromatic nitrogens is 2. The Labute approximate surface area is 120 Å². The van der Waals surface area contributed by atoms with Gasteiger partial charge in [0.05, 0.1) is 5.69 Å². The van der Waals surface area contributed by atoms with E-state index in [0.29, 0.717) is 11.4 Å². The average Bonchev–Trinajstić information content (AvgIpc) is 2.47. The maximum atomic E-state index is 11.5. The highest BCUT2D eigenvalue weighted by atomic mass is 16.5. The number of hydrogen-bond donors (Lipinski definition) is 2. The Bertz CT molecular complexity index is 686. The summed E-state index contributed by atoms with van der Waals surface area (Å²) in [5, 5.41) is 8.85. The number of amides is 1. The van der Waals surface area contributed by atoms with E-state index in [1.54, 1.807) is 30.3 Å². The van der Waals surface area contributed by atoms with Crippen LogP contribution in [0.3, 0.4) is 0 Å². The predicted octanol–water partition coefficient (Wildman–Crippen LogP) is 0.938. The van der Waals surface area contributed by atoms with Crippen LogP contribution in [0.15, 0.2) is 41.2 Å². The van der Waals surface area contributed by atoms with Gasteiger partial charge >= 0.3 is 5.97 Å². The predicted molar refractivity (Wildman–Crippen MR) is 75.6 cm³/mol. The highest BCUT2D eigenvalue weighted by Gasteiger charge is 2.05. The maximum absolute atomic E-state index is 11.5. The lowest BCUT2D eigenvalue weighted by Crippen LogP contribution is -2.19. The Morgan fingerprint density at radius 2 is 1.90 bits per heavy atom. The van der Waals surface area contributed by atoms with Gasteiger partial charge in [-0.25, -0.2) is 5.10 Å². The lowest BCUT2D eigenvalue weighted by Gasteiger charge is -2.06. The summed E-state index contributed by atoms with van der Waals surface area (Å²) >= 11 is 0. The van der Waals surface area contributed by atoms with Crippen LogP contribution in [0.25, 0.3) is 11.3 Å². The van der Waals surface area contributed by atoms with Gasteiger partial charge in [0.2, 0.25) is 0 Å². The molecule has 0 saturated heterocycles. The topological polar surface area (TPSA) is 101 Å². The number of nitrogens with one attached hydrogen (secondary N) is 2. The van der Waals surface area contributed by atoms with Crippen LogP contribution in [0.5, 0.6) is 0 Å². The fraction of sp³-hybridized carbons (Fsp3) is 0.143. The monoisotopic (exact) mass is 287 g/mol. The molecule has 1 aromatic carbocycles. The van der Waals surface area contributed by atoms with E-state index < -0.39 is 11.9 Å². The number of hydrogen-bond acceptors (Lipinski definition) is 5. The van der Waals surface area contributed by atoms with Gasteiger partial charge in [-0.3, -0.25) is 14.4 Å². The molecule has 2 aromatic rings. The molecule has 108 valence electrons. The van der Waals surface area contributed by atoms with Gasteiger partial charge in [-0.05, 0) is 18.2 Å². The molecular formula is C14H13N3O4. The Morgan fingerprint density at radius 1 is 1.19 bits per heavy atom. The molecule has 0 radical (unpaired) electrons. The molecule has 0 aliphatic carbocycles. The van der Waals surface area contributed by atoms with Crippen molar-refractivity contribution in [3.05, 3.63) is 46.8 Å². The molecule has 0 spiro atoms. The zero-order valence-electron chi connectivity index (χ0n) is 11.3. The molecule has 21 heavy (non-hydrogen) atoms. The summed E-state index contributed by atoms with van der Waals surface area (Å²) in [6, 6.07) is 9.87. The number of benzene rings is 1. The zero-order chi connectivity index (χ0) is 15.2. The van der Waals surface area contributed by atoms with Crippen LogP contribution < -0.4 is 10.9 Å². The summed E-state index contributed by atoms with van der Waals surface area (Å²) in [7, 11) is 0. The van der Waals surface area contributed by atoms with E-state index in [1.165, 1.54) is 13.0 Å². The number of esters is 1. The van der Waals surface area contributed by atoms with Crippen molar-refractivity contribution in [1.29, 1.82) is 0 Å². The highest BCUT2D eigenvalue weighted by molar-refractivity contribution is 5.92. The molecule has 7 heteroatoms. The summed E-state index contributed by atoms with van der Waals surface area (Å²) in [6.45, 7) is 0.915. The Kier molecular flexibility index (Phi) is 4.45. The quantitative estimate of drug-likeness (QED) is 0.815. The lowest BCUT2D eigenvalue weighted by atomic mass is 10.1. The third-order valence-corrected chi connectivity index (χ3v) is 2.55. The molecule has 2 rings (SSSR count). The van der Waals surface area contributed by atoms with Crippen molar-refractivity contribution in [2.45, 2.75) is 6.92 Å². The Balaban J connectivity index is 2.02. The fourth-order valence-corrected chi connectivity index (χ4v) is 1.59. The minimum absolute atomic E-state index is 0.270. The number of carbonyl (C=O) groups excluding carboxylic acids is 2. The van der Waals surface area contributed by atoms with Gasteiger partial charge in [-0.2, -0.15) is 5.10 Å². The van der Waals surface area contributed by atoms with Crippen LogP contribution in [0, 0.1) is 0 Å². The van der Waals surface area contributed by atoms with Crippen molar-refractivity contribution in [2.75, 3.05) is 11.9 Å². The van der Waals surface area contributed by atoms with Gasteiger partial charge in [-0.1, -0.05) is 12.1 Å². The number of carbonyl (C=O) groups is 2. The van der Waals surface area contributed by atoms with Crippen molar-refractivity contribution in [1.82, 2.24) is 10.2 Å². The van der Waals surface area contributed by atoms with Crippen LogP contribution >= 0.6 is 0 Å². The van der Waals surface area contributed by atoms with E-state index in [4.69, 9.17) is 0 Å². The number of nitrogens with zero attached hydrogens (tertiary/aromatic N) is 1. The van der Waals surface area contributed by atoms with Crippen molar-refractivity contribution in [3.8, 4) is 11.3 Å². The first kappa shape index (κ1) is 14.4. The third kappa shape index (κ3) is 4.27. The minimum Gasteiger partial charge on any atom is -0.456 e. The molecule has 7 nitrogen and oxygen atoms in total. The number of rotatable bonds is 4. The molecule has 2 N–H and O–H groups in total. The van der Waals surface area contributed by atoms with Gasteiger partial charge in [-0.15, -0.1) is 0 Å². The van der Waals surface area contributed by atoms with E-state index in [2.05, 4.69) is 20.3 Å². The third-order valence-electron chi connectivity index (χ3n) is 2.55. The van der Waals surface area contributed by atoms with Gasteiger partial charge in [0, 0.05) is 24.2 Å². The van der Waals surface area contributed by atoms with Crippen molar-refractivity contribution >= 4 is 17.6 Å². The largest absolute Gasteiger partial charge is 0.456 e. The number of ether oxygens (including phenoxy) is 1. The van der Waals surface area contributed by atoms with Gasteiger partial charge in [0.25, 0.3) is 11.5 Å².